The molecule has 1 aliphatic heterocycles. The average Bonchev–Trinajstić information content (AvgIpc) is 3.24. The van der Waals surface area contributed by atoms with E-state index in [0.717, 1.165) is 41.2 Å². The van der Waals surface area contributed by atoms with Crippen LogP contribution in [0.5, 0.6) is 5.75 Å². The monoisotopic (exact) mass is 506 g/mol. The highest BCUT2D eigenvalue weighted by Gasteiger charge is 2.35. The lowest BCUT2D eigenvalue weighted by Crippen LogP contribution is -2.30. The van der Waals surface area contributed by atoms with Crippen LogP contribution in [0.1, 0.15) is 63.3 Å². The summed E-state index contributed by atoms with van der Waals surface area (Å²) in [6, 6.07) is 15.6. The van der Waals surface area contributed by atoms with E-state index in [2.05, 4.69) is 42.3 Å². The maximum absolute atomic E-state index is 13.2. The van der Waals surface area contributed by atoms with Gasteiger partial charge in [-0.25, -0.2) is 9.48 Å². The number of aryl methyl sites for hydroxylation is 1. The maximum atomic E-state index is 13.2. The predicted octanol–water partition coefficient (Wildman–Crippen LogP) is 6.30. The van der Waals surface area contributed by atoms with Crippen molar-refractivity contribution in [1.82, 2.24) is 14.8 Å². The van der Waals surface area contributed by atoms with E-state index in [1.165, 1.54) is 5.56 Å². The molecule has 0 fully saturated rings. The number of carbonyl (C=O) groups excluding carboxylic acids is 1. The Hall–Kier alpha value is -3.26. The van der Waals surface area contributed by atoms with Crippen molar-refractivity contribution in [3.63, 3.8) is 0 Å². The normalized spacial score (nSPS) is 15.0. The summed E-state index contributed by atoms with van der Waals surface area (Å²) >= 11 is 1.63. The molecule has 2 aromatic carbocycles. The lowest BCUT2D eigenvalue weighted by atomic mass is 9.95. The van der Waals surface area contributed by atoms with Crippen molar-refractivity contribution in [1.29, 1.82) is 0 Å². The van der Waals surface area contributed by atoms with E-state index in [1.54, 1.807) is 16.4 Å². The molecule has 0 radical (unpaired) electrons. The Bertz CT molecular complexity index is 1230. The number of anilines is 1. The minimum atomic E-state index is -0.452. The largest absolute Gasteiger partial charge is 0.489 e. The van der Waals surface area contributed by atoms with Crippen LogP contribution >= 0.6 is 11.8 Å². The van der Waals surface area contributed by atoms with Gasteiger partial charge in [-0.15, -0.1) is 5.10 Å². The van der Waals surface area contributed by atoms with E-state index >= 15 is 0 Å². The summed E-state index contributed by atoms with van der Waals surface area (Å²) in [6.45, 7) is 10.3. The van der Waals surface area contributed by atoms with Gasteiger partial charge in [-0.05, 0) is 57.4 Å². The van der Waals surface area contributed by atoms with Gasteiger partial charge in [-0.1, -0.05) is 67.1 Å². The van der Waals surface area contributed by atoms with Gasteiger partial charge in [0.2, 0.25) is 11.1 Å². The second-order valence-corrected chi connectivity index (χ2v) is 10.3. The Kier molecular flexibility index (Phi) is 8.36. The molecule has 0 bridgehead atoms. The smallest absolute Gasteiger partial charge is 0.338 e. The van der Waals surface area contributed by atoms with E-state index in [4.69, 9.17) is 14.6 Å². The van der Waals surface area contributed by atoms with E-state index < -0.39 is 6.04 Å². The summed E-state index contributed by atoms with van der Waals surface area (Å²) < 4.78 is 13.4. The van der Waals surface area contributed by atoms with Gasteiger partial charge in [-0.2, -0.15) is 4.98 Å². The van der Waals surface area contributed by atoms with E-state index in [1.807, 2.05) is 51.1 Å². The number of carbonyl (C=O) groups is 1. The van der Waals surface area contributed by atoms with Crippen molar-refractivity contribution in [2.75, 3.05) is 11.1 Å². The fraction of sp³-hybridized carbons (Fsp3) is 0.393. The first-order valence-corrected chi connectivity index (χ1v) is 13.4. The van der Waals surface area contributed by atoms with Crippen molar-refractivity contribution in [3.05, 3.63) is 76.5 Å². The highest BCUT2D eigenvalue weighted by atomic mass is 32.2. The number of nitrogens with one attached hydrogen (secondary N) is 1. The molecule has 1 aliphatic rings. The molecule has 190 valence electrons. The number of nitrogens with zero attached hydrogens (tertiary/aromatic N) is 3. The molecule has 0 spiro atoms. The molecule has 0 aliphatic carbocycles. The Labute approximate surface area is 217 Å². The number of benzene rings is 2. The van der Waals surface area contributed by atoms with Gasteiger partial charge < -0.3 is 14.8 Å². The average molecular weight is 507 g/mol. The minimum absolute atomic E-state index is 0.229. The minimum Gasteiger partial charge on any atom is -0.489 e. The standard InChI is InChI=1S/C28H34N4O3S/c1-6-7-15-36-28-30-27-29-20(5)24(26(33)35-18(2)3)25(32(27)31-28)22-11-13-23(14-12-22)34-17-21-10-8-9-19(4)16-21/h8-14,16,18,25H,6-7,15,17H2,1-5H3,(H,29,30,31). The zero-order valence-corrected chi connectivity index (χ0v) is 22.4. The number of ether oxygens (including phenoxy) is 2. The number of hydrogen-bond acceptors (Lipinski definition) is 7. The third-order valence-corrected chi connectivity index (χ3v) is 6.73. The van der Waals surface area contributed by atoms with Crippen LogP contribution in [0.25, 0.3) is 0 Å². The molecule has 8 heteroatoms. The number of fused-ring (bicyclic) bond motifs is 1. The van der Waals surface area contributed by atoms with Crippen LogP contribution in [0.3, 0.4) is 0 Å². The summed E-state index contributed by atoms with van der Waals surface area (Å²) in [5.74, 6) is 1.97. The van der Waals surface area contributed by atoms with Gasteiger partial charge in [0.25, 0.3) is 0 Å². The third-order valence-electron chi connectivity index (χ3n) is 5.81. The third kappa shape index (κ3) is 6.10. The molecule has 1 atom stereocenters. The Balaban J connectivity index is 1.62. The number of hydrogen-bond donors (Lipinski definition) is 1. The molecule has 1 N–H and O–H groups in total. The molecule has 0 saturated heterocycles. The van der Waals surface area contributed by atoms with Crippen molar-refractivity contribution >= 4 is 23.7 Å². The van der Waals surface area contributed by atoms with Crippen LogP contribution in [0, 0.1) is 6.92 Å². The van der Waals surface area contributed by atoms with Gasteiger partial charge in [-0.3, -0.25) is 0 Å². The fourth-order valence-corrected chi connectivity index (χ4v) is 4.98. The van der Waals surface area contributed by atoms with E-state index in [-0.39, 0.29) is 12.1 Å². The molecule has 1 aromatic heterocycles. The van der Waals surface area contributed by atoms with Gasteiger partial charge in [0.1, 0.15) is 18.4 Å². The number of esters is 1. The molecule has 7 nitrogen and oxygen atoms in total. The maximum Gasteiger partial charge on any atom is 0.338 e. The summed E-state index contributed by atoms with van der Waals surface area (Å²) in [7, 11) is 0. The van der Waals surface area contributed by atoms with Gasteiger partial charge in [0, 0.05) is 11.4 Å². The first kappa shape index (κ1) is 25.8. The van der Waals surface area contributed by atoms with Crippen molar-refractivity contribution in [2.45, 2.75) is 71.4 Å². The number of allylic oxidation sites excluding steroid dienone is 1. The number of unbranched alkanes of at least 4 members (excludes halogenated alkanes) is 1. The number of thioether (sulfide) groups is 1. The number of aromatic nitrogens is 3. The molecule has 0 amide bonds. The second kappa shape index (κ2) is 11.6. The lowest BCUT2D eigenvalue weighted by molar-refractivity contribution is -0.143. The molecule has 36 heavy (non-hydrogen) atoms. The van der Waals surface area contributed by atoms with E-state index in [0.29, 0.717) is 23.3 Å². The van der Waals surface area contributed by atoms with Crippen LogP contribution in [0.15, 0.2) is 65.0 Å². The van der Waals surface area contributed by atoms with Crippen molar-refractivity contribution in [3.8, 4) is 5.75 Å². The molecule has 4 rings (SSSR count). The molecule has 1 unspecified atom stereocenters. The fourth-order valence-electron chi connectivity index (χ4n) is 4.07. The predicted molar refractivity (Wildman–Crippen MR) is 143 cm³/mol. The molecule has 0 saturated carbocycles. The summed E-state index contributed by atoms with van der Waals surface area (Å²) in [4.78, 5) is 17.9. The molecular weight excluding hydrogens is 472 g/mol. The quantitative estimate of drug-likeness (QED) is 0.196. The van der Waals surface area contributed by atoms with E-state index in [9.17, 15) is 4.79 Å². The highest BCUT2D eigenvalue weighted by Crippen LogP contribution is 2.37. The molecule has 3 aromatic rings. The van der Waals surface area contributed by atoms with Gasteiger partial charge in [0.15, 0.2) is 0 Å². The second-order valence-electron chi connectivity index (χ2n) is 9.23. The first-order chi connectivity index (χ1) is 17.4. The van der Waals surface area contributed by atoms with Gasteiger partial charge >= 0.3 is 5.97 Å². The van der Waals surface area contributed by atoms with Crippen LogP contribution in [0.4, 0.5) is 5.95 Å². The summed E-state index contributed by atoms with van der Waals surface area (Å²) in [5, 5.41) is 8.72. The highest BCUT2D eigenvalue weighted by molar-refractivity contribution is 7.99. The van der Waals surface area contributed by atoms with Crippen LogP contribution in [0.2, 0.25) is 0 Å². The van der Waals surface area contributed by atoms with Crippen molar-refractivity contribution < 1.29 is 14.3 Å². The Morgan fingerprint density at radius 1 is 1.17 bits per heavy atom. The number of rotatable bonds is 10. The van der Waals surface area contributed by atoms with Crippen LogP contribution in [-0.2, 0) is 16.1 Å². The Morgan fingerprint density at radius 2 is 1.94 bits per heavy atom. The topological polar surface area (TPSA) is 78.3 Å². The summed E-state index contributed by atoms with van der Waals surface area (Å²) in [5.41, 5.74) is 4.48. The molecular formula is C28H34N4O3S. The zero-order chi connectivity index (χ0) is 25.7. The Morgan fingerprint density at radius 3 is 2.64 bits per heavy atom. The van der Waals surface area contributed by atoms with Crippen LogP contribution in [-0.4, -0.2) is 32.6 Å². The SMILES string of the molecule is CCCCSc1nc2n(n1)C(c1ccc(OCc3cccc(C)c3)cc1)C(C(=O)OC(C)C)=C(C)N2. The van der Waals surface area contributed by atoms with Crippen molar-refractivity contribution in [2.24, 2.45) is 0 Å². The van der Waals surface area contributed by atoms with Crippen LogP contribution < -0.4 is 10.1 Å². The zero-order valence-electron chi connectivity index (χ0n) is 21.6. The lowest BCUT2D eigenvalue weighted by Gasteiger charge is -2.28. The summed E-state index contributed by atoms with van der Waals surface area (Å²) in [6.07, 6.45) is 1.98. The first-order valence-electron chi connectivity index (χ1n) is 12.4. The van der Waals surface area contributed by atoms with Gasteiger partial charge in [0.05, 0.1) is 11.7 Å². The molecule has 2 heterocycles.